The first-order valence-corrected chi connectivity index (χ1v) is 11.5. The summed E-state index contributed by atoms with van der Waals surface area (Å²) < 4.78 is 5.31. The van der Waals surface area contributed by atoms with E-state index in [1.54, 1.807) is 12.1 Å². The van der Waals surface area contributed by atoms with Crippen molar-refractivity contribution in [1.29, 1.82) is 0 Å². The standard InChI is InChI=1S/C22H24Cl3N5O/c23-16-7-8-20(19(25)15-16)30-13-11-29(12-14-30)10-4-3-9-26-22-27-21(31-28-22)17-5-1-2-6-18(17)24/h1-2,5-8,15H,3-4,9-14H2,(H,26,28). The van der Waals surface area contributed by atoms with E-state index in [1.165, 1.54) is 0 Å². The second-order valence-corrected chi connectivity index (χ2v) is 8.71. The quantitative estimate of drug-likeness (QED) is 0.417. The number of nitrogens with zero attached hydrogens (tertiary/aromatic N) is 4. The molecule has 0 aliphatic carbocycles. The van der Waals surface area contributed by atoms with Gasteiger partial charge in [0, 0.05) is 37.7 Å². The number of halogens is 3. The topological polar surface area (TPSA) is 57.4 Å². The van der Waals surface area contributed by atoms with E-state index < -0.39 is 0 Å². The third-order valence-corrected chi connectivity index (χ3v) is 6.20. The van der Waals surface area contributed by atoms with Gasteiger partial charge in [0.2, 0.25) is 0 Å². The summed E-state index contributed by atoms with van der Waals surface area (Å²) in [6.45, 7) is 5.85. The maximum Gasteiger partial charge on any atom is 0.263 e. The predicted octanol–water partition coefficient (Wildman–Crippen LogP) is 5.71. The van der Waals surface area contributed by atoms with Crippen LogP contribution in [0.3, 0.4) is 0 Å². The smallest absolute Gasteiger partial charge is 0.263 e. The number of nitrogens with one attached hydrogen (secondary N) is 1. The third-order valence-electron chi connectivity index (χ3n) is 5.34. The molecule has 1 aromatic heterocycles. The van der Waals surface area contributed by atoms with Crippen molar-refractivity contribution in [1.82, 2.24) is 15.0 Å². The minimum Gasteiger partial charge on any atom is -0.368 e. The molecule has 0 atom stereocenters. The summed E-state index contributed by atoms with van der Waals surface area (Å²) in [5.41, 5.74) is 1.80. The van der Waals surface area contributed by atoms with Gasteiger partial charge in [-0.25, -0.2) is 0 Å². The molecule has 0 spiro atoms. The molecule has 0 unspecified atom stereocenters. The van der Waals surface area contributed by atoms with Crippen molar-refractivity contribution in [3.05, 3.63) is 57.5 Å². The Bertz CT molecular complexity index is 1000. The van der Waals surface area contributed by atoms with Crippen LogP contribution in [0.15, 0.2) is 47.0 Å². The molecule has 0 amide bonds. The van der Waals surface area contributed by atoms with E-state index >= 15 is 0 Å². The normalized spacial score (nSPS) is 14.7. The average Bonchev–Trinajstić information content (AvgIpc) is 3.23. The molecule has 3 aromatic rings. The molecule has 31 heavy (non-hydrogen) atoms. The van der Waals surface area contributed by atoms with E-state index in [4.69, 9.17) is 39.3 Å². The van der Waals surface area contributed by atoms with Crippen molar-refractivity contribution in [2.45, 2.75) is 12.8 Å². The van der Waals surface area contributed by atoms with Crippen molar-refractivity contribution in [3.63, 3.8) is 0 Å². The second kappa shape index (κ2) is 10.6. The predicted molar refractivity (Wildman–Crippen MR) is 128 cm³/mol. The van der Waals surface area contributed by atoms with Crippen LogP contribution >= 0.6 is 34.8 Å². The van der Waals surface area contributed by atoms with Gasteiger partial charge in [-0.05, 0) is 54.9 Å². The highest BCUT2D eigenvalue weighted by atomic mass is 35.5. The Morgan fingerprint density at radius 3 is 2.52 bits per heavy atom. The first-order valence-electron chi connectivity index (χ1n) is 10.3. The van der Waals surface area contributed by atoms with Gasteiger partial charge in [-0.3, -0.25) is 4.90 Å². The lowest BCUT2D eigenvalue weighted by Crippen LogP contribution is -2.46. The zero-order valence-corrected chi connectivity index (χ0v) is 19.3. The Kier molecular flexibility index (Phi) is 7.56. The molecule has 1 saturated heterocycles. The molecule has 1 fully saturated rings. The lowest BCUT2D eigenvalue weighted by atomic mass is 10.2. The number of rotatable bonds is 8. The molecule has 0 saturated carbocycles. The highest BCUT2D eigenvalue weighted by Crippen LogP contribution is 2.29. The molecule has 9 heteroatoms. The van der Waals surface area contributed by atoms with Crippen LogP contribution in [0, 0.1) is 0 Å². The highest BCUT2D eigenvalue weighted by molar-refractivity contribution is 6.36. The molecular weight excluding hydrogens is 457 g/mol. The number of hydrogen-bond acceptors (Lipinski definition) is 6. The van der Waals surface area contributed by atoms with Crippen LogP contribution in [0.1, 0.15) is 12.8 Å². The number of benzene rings is 2. The number of hydrogen-bond donors (Lipinski definition) is 1. The highest BCUT2D eigenvalue weighted by Gasteiger charge is 2.18. The van der Waals surface area contributed by atoms with Crippen LogP contribution in [-0.4, -0.2) is 54.3 Å². The van der Waals surface area contributed by atoms with E-state index in [2.05, 4.69) is 25.3 Å². The van der Waals surface area contributed by atoms with Gasteiger partial charge >= 0.3 is 0 Å². The largest absolute Gasteiger partial charge is 0.368 e. The summed E-state index contributed by atoms with van der Waals surface area (Å²) in [5.74, 6) is 0.912. The maximum atomic E-state index is 6.34. The van der Waals surface area contributed by atoms with E-state index in [-0.39, 0.29) is 0 Å². The van der Waals surface area contributed by atoms with Gasteiger partial charge < -0.3 is 14.7 Å². The minimum absolute atomic E-state index is 0.423. The first-order chi connectivity index (χ1) is 15.1. The van der Waals surface area contributed by atoms with Crippen molar-refractivity contribution < 1.29 is 4.52 Å². The fraction of sp³-hybridized carbons (Fsp3) is 0.364. The van der Waals surface area contributed by atoms with Gasteiger partial charge in [0.1, 0.15) is 0 Å². The molecule has 0 radical (unpaired) electrons. The van der Waals surface area contributed by atoms with Crippen LogP contribution < -0.4 is 10.2 Å². The SMILES string of the molecule is Clc1ccc(N2CCN(CCCCNc3noc(-c4ccccc4Cl)n3)CC2)c(Cl)c1. The molecule has 1 aliphatic heterocycles. The molecule has 2 aromatic carbocycles. The summed E-state index contributed by atoms with van der Waals surface area (Å²) in [5, 5.41) is 9.18. The molecule has 1 N–H and O–H groups in total. The molecule has 6 nitrogen and oxygen atoms in total. The maximum absolute atomic E-state index is 6.34. The minimum atomic E-state index is 0.423. The van der Waals surface area contributed by atoms with Crippen molar-refractivity contribution in [3.8, 4) is 11.5 Å². The van der Waals surface area contributed by atoms with Crippen molar-refractivity contribution in [2.24, 2.45) is 0 Å². The van der Waals surface area contributed by atoms with E-state index in [1.807, 2.05) is 30.3 Å². The van der Waals surface area contributed by atoms with Gasteiger partial charge in [0.15, 0.2) is 0 Å². The van der Waals surface area contributed by atoms with Gasteiger partial charge in [-0.1, -0.05) is 46.9 Å². The molecule has 164 valence electrons. The van der Waals surface area contributed by atoms with Crippen LogP contribution in [0.4, 0.5) is 11.6 Å². The summed E-state index contributed by atoms with van der Waals surface area (Å²) in [6, 6.07) is 13.1. The monoisotopic (exact) mass is 479 g/mol. The Hall–Kier alpha value is -1.99. The Labute approximate surface area is 197 Å². The van der Waals surface area contributed by atoms with E-state index in [9.17, 15) is 0 Å². The van der Waals surface area contributed by atoms with E-state index in [0.717, 1.165) is 63.4 Å². The van der Waals surface area contributed by atoms with Crippen LogP contribution in [0.2, 0.25) is 15.1 Å². The Morgan fingerprint density at radius 2 is 1.74 bits per heavy atom. The Balaban J connectivity index is 1.15. The van der Waals surface area contributed by atoms with Gasteiger partial charge in [0.25, 0.3) is 11.8 Å². The second-order valence-electron chi connectivity index (χ2n) is 7.46. The molecule has 0 bridgehead atoms. The summed E-state index contributed by atoms with van der Waals surface area (Å²) in [6.07, 6.45) is 2.13. The van der Waals surface area contributed by atoms with Gasteiger partial charge in [-0.2, -0.15) is 4.98 Å². The summed E-state index contributed by atoms with van der Waals surface area (Å²) in [4.78, 5) is 9.18. The van der Waals surface area contributed by atoms with Crippen LogP contribution in [-0.2, 0) is 0 Å². The lowest BCUT2D eigenvalue weighted by Gasteiger charge is -2.36. The average molecular weight is 481 g/mol. The molecular formula is C22H24Cl3N5O. The Morgan fingerprint density at radius 1 is 0.935 bits per heavy atom. The van der Waals surface area contributed by atoms with Gasteiger partial charge in [-0.15, -0.1) is 0 Å². The zero-order chi connectivity index (χ0) is 21.6. The van der Waals surface area contributed by atoms with Crippen molar-refractivity contribution in [2.75, 3.05) is 49.5 Å². The zero-order valence-electron chi connectivity index (χ0n) is 17.0. The number of piperazine rings is 1. The van der Waals surface area contributed by atoms with E-state index in [0.29, 0.717) is 26.9 Å². The number of aromatic nitrogens is 2. The summed E-state index contributed by atoms with van der Waals surface area (Å²) in [7, 11) is 0. The molecule has 4 rings (SSSR count). The fourth-order valence-corrected chi connectivity index (χ4v) is 4.39. The van der Waals surface area contributed by atoms with Crippen LogP contribution in [0.5, 0.6) is 0 Å². The third kappa shape index (κ3) is 5.83. The number of anilines is 2. The lowest BCUT2D eigenvalue weighted by molar-refractivity contribution is 0.254. The molecule has 2 heterocycles. The summed E-state index contributed by atoms with van der Waals surface area (Å²) >= 11 is 18.5. The number of unbranched alkanes of at least 4 members (excludes halogenated alkanes) is 1. The van der Waals surface area contributed by atoms with Crippen LogP contribution in [0.25, 0.3) is 11.5 Å². The van der Waals surface area contributed by atoms with Crippen molar-refractivity contribution >= 4 is 46.4 Å². The van der Waals surface area contributed by atoms with Gasteiger partial charge in [0.05, 0.1) is 21.3 Å². The first kappa shape index (κ1) is 22.2. The fourth-order valence-electron chi connectivity index (χ4n) is 3.65. The molecule has 1 aliphatic rings.